The van der Waals surface area contributed by atoms with Crippen LogP contribution >= 0.6 is 11.8 Å². The molecule has 1 atom stereocenters. The Bertz CT molecular complexity index is 500. The van der Waals surface area contributed by atoms with Crippen molar-refractivity contribution in [2.75, 3.05) is 30.8 Å². The SMILES string of the molecule is CCC(C)CN(C)S(=O)(=O)CCSc1ccc(N)cc1. The summed E-state index contributed by atoms with van der Waals surface area (Å²) in [5.41, 5.74) is 6.33. The maximum Gasteiger partial charge on any atom is 0.214 e. The topological polar surface area (TPSA) is 63.4 Å². The molecule has 0 radical (unpaired) electrons. The summed E-state index contributed by atoms with van der Waals surface area (Å²) in [6.45, 7) is 4.72. The van der Waals surface area contributed by atoms with Gasteiger partial charge in [-0.2, -0.15) is 0 Å². The van der Waals surface area contributed by atoms with Gasteiger partial charge in [0.2, 0.25) is 10.0 Å². The van der Waals surface area contributed by atoms with Crippen LogP contribution in [0.3, 0.4) is 0 Å². The van der Waals surface area contributed by atoms with Crippen LogP contribution in [0.1, 0.15) is 20.3 Å². The highest BCUT2D eigenvalue weighted by Crippen LogP contribution is 2.20. The molecule has 4 nitrogen and oxygen atoms in total. The predicted octanol–water partition coefficient (Wildman–Crippen LogP) is 2.67. The minimum absolute atomic E-state index is 0.162. The van der Waals surface area contributed by atoms with Crippen molar-refractivity contribution in [2.45, 2.75) is 25.2 Å². The lowest BCUT2D eigenvalue weighted by atomic mass is 10.1. The van der Waals surface area contributed by atoms with Gasteiger partial charge in [-0.05, 0) is 30.2 Å². The van der Waals surface area contributed by atoms with Crippen LogP contribution in [0.15, 0.2) is 29.2 Å². The molecule has 0 saturated carbocycles. The van der Waals surface area contributed by atoms with Crippen molar-refractivity contribution in [1.82, 2.24) is 4.31 Å². The van der Waals surface area contributed by atoms with E-state index in [4.69, 9.17) is 5.73 Å². The zero-order valence-electron chi connectivity index (χ0n) is 12.4. The number of nitrogens with two attached hydrogens (primary N) is 1. The number of nitrogen functional groups attached to an aromatic ring is 1. The molecule has 6 heteroatoms. The lowest BCUT2D eigenvalue weighted by molar-refractivity contribution is 0.394. The molecular formula is C14H24N2O2S2. The Morgan fingerprint density at radius 3 is 2.45 bits per heavy atom. The molecule has 20 heavy (non-hydrogen) atoms. The second-order valence-corrected chi connectivity index (χ2v) is 8.39. The summed E-state index contributed by atoms with van der Waals surface area (Å²) >= 11 is 1.54. The highest BCUT2D eigenvalue weighted by atomic mass is 32.2. The van der Waals surface area contributed by atoms with E-state index in [9.17, 15) is 8.42 Å². The van der Waals surface area contributed by atoms with E-state index in [0.29, 0.717) is 18.2 Å². The van der Waals surface area contributed by atoms with E-state index in [0.717, 1.165) is 17.0 Å². The van der Waals surface area contributed by atoms with Crippen molar-refractivity contribution in [3.05, 3.63) is 24.3 Å². The molecule has 1 aromatic carbocycles. The lowest BCUT2D eigenvalue weighted by Crippen LogP contribution is -2.33. The quantitative estimate of drug-likeness (QED) is 0.591. The molecule has 0 aliphatic heterocycles. The first-order chi connectivity index (χ1) is 9.35. The fraction of sp³-hybridized carbons (Fsp3) is 0.571. The second kappa shape index (κ2) is 7.90. The van der Waals surface area contributed by atoms with Gasteiger partial charge in [0.15, 0.2) is 0 Å². The van der Waals surface area contributed by atoms with Crippen molar-refractivity contribution < 1.29 is 8.42 Å². The first-order valence-corrected chi connectivity index (χ1v) is 9.37. The van der Waals surface area contributed by atoms with Crippen LogP contribution in [0.4, 0.5) is 5.69 Å². The number of hydrogen-bond acceptors (Lipinski definition) is 4. The number of rotatable bonds is 8. The molecule has 1 unspecified atom stereocenters. The monoisotopic (exact) mass is 316 g/mol. The largest absolute Gasteiger partial charge is 0.399 e. The third-order valence-electron chi connectivity index (χ3n) is 3.23. The van der Waals surface area contributed by atoms with Crippen LogP contribution in [0.2, 0.25) is 0 Å². The Kier molecular flexibility index (Phi) is 6.85. The molecule has 0 heterocycles. The fourth-order valence-electron chi connectivity index (χ4n) is 1.67. The van der Waals surface area contributed by atoms with Gasteiger partial charge in [0.05, 0.1) is 5.75 Å². The molecule has 0 spiro atoms. The minimum atomic E-state index is -3.16. The number of anilines is 1. The summed E-state index contributed by atoms with van der Waals surface area (Å²) in [5.74, 6) is 1.10. The standard InChI is InChI=1S/C14H24N2O2S2/c1-4-12(2)11-16(3)20(17,18)10-9-19-14-7-5-13(15)6-8-14/h5-8,12H,4,9-11,15H2,1-3H3. The Hall–Kier alpha value is -0.720. The Labute approximate surface area is 126 Å². The molecule has 0 bridgehead atoms. The van der Waals surface area contributed by atoms with E-state index in [-0.39, 0.29) is 5.75 Å². The molecule has 0 aromatic heterocycles. The average Bonchev–Trinajstić information content (AvgIpc) is 2.40. The zero-order valence-corrected chi connectivity index (χ0v) is 14.0. The first-order valence-electron chi connectivity index (χ1n) is 6.77. The third-order valence-corrected chi connectivity index (χ3v) is 6.32. The van der Waals surface area contributed by atoms with Crippen molar-refractivity contribution in [1.29, 1.82) is 0 Å². The normalized spacial score (nSPS) is 13.6. The van der Waals surface area contributed by atoms with Gasteiger partial charge in [0.25, 0.3) is 0 Å². The third kappa shape index (κ3) is 5.73. The maximum atomic E-state index is 12.1. The van der Waals surface area contributed by atoms with Gasteiger partial charge >= 0.3 is 0 Å². The summed E-state index contributed by atoms with van der Waals surface area (Å²) in [6.07, 6.45) is 0.986. The van der Waals surface area contributed by atoms with Crippen LogP contribution in [0.25, 0.3) is 0 Å². The number of benzene rings is 1. The van der Waals surface area contributed by atoms with Crippen molar-refractivity contribution in [3.63, 3.8) is 0 Å². The van der Waals surface area contributed by atoms with Crippen molar-refractivity contribution >= 4 is 27.5 Å². The summed E-state index contributed by atoms with van der Waals surface area (Å²) in [6, 6.07) is 7.47. The van der Waals surface area contributed by atoms with E-state index in [2.05, 4.69) is 13.8 Å². The highest BCUT2D eigenvalue weighted by Gasteiger charge is 2.19. The summed E-state index contributed by atoms with van der Waals surface area (Å²) in [7, 11) is -1.49. The fourth-order valence-corrected chi connectivity index (χ4v) is 4.20. The predicted molar refractivity (Wildman–Crippen MR) is 87.5 cm³/mol. The number of hydrogen-bond donors (Lipinski definition) is 1. The van der Waals surface area contributed by atoms with Crippen LogP contribution in [-0.2, 0) is 10.0 Å². The minimum Gasteiger partial charge on any atom is -0.399 e. The molecule has 2 N–H and O–H groups in total. The summed E-state index contributed by atoms with van der Waals surface area (Å²) in [4.78, 5) is 1.04. The van der Waals surface area contributed by atoms with Crippen molar-refractivity contribution in [3.8, 4) is 0 Å². The molecule has 0 saturated heterocycles. The lowest BCUT2D eigenvalue weighted by Gasteiger charge is -2.20. The van der Waals surface area contributed by atoms with Gasteiger partial charge in [-0.25, -0.2) is 12.7 Å². The zero-order chi connectivity index (χ0) is 15.2. The van der Waals surface area contributed by atoms with Crippen LogP contribution in [-0.4, -0.2) is 37.8 Å². The van der Waals surface area contributed by atoms with E-state index >= 15 is 0 Å². The van der Waals surface area contributed by atoms with Gasteiger partial charge in [-0.3, -0.25) is 0 Å². The van der Waals surface area contributed by atoms with E-state index in [1.807, 2.05) is 24.3 Å². The molecule has 0 aliphatic rings. The maximum absolute atomic E-state index is 12.1. The average molecular weight is 316 g/mol. The highest BCUT2D eigenvalue weighted by molar-refractivity contribution is 8.00. The smallest absolute Gasteiger partial charge is 0.214 e. The molecule has 1 rings (SSSR count). The van der Waals surface area contributed by atoms with Crippen LogP contribution in [0.5, 0.6) is 0 Å². The molecule has 0 fully saturated rings. The summed E-state index contributed by atoms with van der Waals surface area (Å²) < 4.78 is 25.7. The van der Waals surface area contributed by atoms with Gasteiger partial charge in [0.1, 0.15) is 0 Å². The molecular weight excluding hydrogens is 292 g/mol. The van der Waals surface area contributed by atoms with Gasteiger partial charge in [-0.1, -0.05) is 20.3 Å². The van der Waals surface area contributed by atoms with Gasteiger partial charge in [-0.15, -0.1) is 11.8 Å². The van der Waals surface area contributed by atoms with Gasteiger partial charge < -0.3 is 5.73 Å². The van der Waals surface area contributed by atoms with Crippen LogP contribution in [0, 0.1) is 5.92 Å². The molecule has 0 amide bonds. The van der Waals surface area contributed by atoms with E-state index in [1.54, 1.807) is 7.05 Å². The summed E-state index contributed by atoms with van der Waals surface area (Å²) in [5, 5.41) is 0. The number of nitrogens with zero attached hydrogens (tertiary/aromatic N) is 1. The Balaban J connectivity index is 2.45. The van der Waals surface area contributed by atoms with Crippen LogP contribution < -0.4 is 5.73 Å². The Morgan fingerprint density at radius 1 is 1.30 bits per heavy atom. The van der Waals surface area contributed by atoms with Gasteiger partial charge in [0, 0.05) is 29.9 Å². The number of thioether (sulfide) groups is 1. The molecule has 114 valence electrons. The van der Waals surface area contributed by atoms with E-state index in [1.165, 1.54) is 16.1 Å². The molecule has 0 aliphatic carbocycles. The van der Waals surface area contributed by atoms with Crippen molar-refractivity contribution in [2.24, 2.45) is 5.92 Å². The Morgan fingerprint density at radius 2 is 1.90 bits per heavy atom. The van der Waals surface area contributed by atoms with E-state index < -0.39 is 10.0 Å². The second-order valence-electron chi connectivity index (χ2n) is 5.03. The number of sulfonamides is 1. The molecule has 1 aromatic rings. The first kappa shape index (κ1) is 17.3.